The lowest BCUT2D eigenvalue weighted by molar-refractivity contribution is -0.141. The van der Waals surface area contributed by atoms with E-state index in [-0.39, 0.29) is 6.42 Å². The predicted octanol–water partition coefficient (Wildman–Crippen LogP) is 0.317. The van der Waals surface area contributed by atoms with Gasteiger partial charge in [-0.1, -0.05) is 25.1 Å². The molecule has 0 aliphatic rings. The largest absolute Gasteiger partial charge is 0.508 e. The molecule has 0 aliphatic heterocycles. The van der Waals surface area contributed by atoms with Gasteiger partial charge in [-0.2, -0.15) is 0 Å². The maximum absolute atomic E-state index is 10.4. The van der Waals surface area contributed by atoms with E-state index in [0.717, 1.165) is 0 Å². The highest BCUT2D eigenvalue weighted by molar-refractivity contribution is 5.83. The van der Waals surface area contributed by atoms with Crippen LogP contribution in [-0.2, 0) is 9.59 Å². The van der Waals surface area contributed by atoms with Crippen LogP contribution in [0, 0.1) is 0 Å². The average molecular weight is 254 g/mol. The highest BCUT2D eigenvalue weighted by Gasteiger charge is 2.17. The summed E-state index contributed by atoms with van der Waals surface area (Å²) in [7, 11) is 0. The fourth-order valence-electron chi connectivity index (χ4n) is 1.12. The summed E-state index contributed by atoms with van der Waals surface area (Å²) in [6, 6.07) is 7.86. The number of amides is 1. The number of phenolic OH excluding ortho intramolecular Hbond substituents is 1. The predicted molar refractivity (Wildman–Crippen MR) is 67.0 cm³/mol. The molecule has 18 heavy (non-hydrogen) atoms. The Morgan fingerprint density at radius 2 is 1.89 bits per heavy atom. The Morgan fingerprint density at radius 1 is 1.33 bits per heavy atom. The molecule has 0 radical (unpaired) electrons. The Morgan fingerprint density at radius 3 is 2.17 bits per heavy atom. The van der Waals surface area contributed by atoms with E-state index in [1.165, 1.54) is 0 Å². The topological polar surface area (TPSA) is 113 Å². The minimum Gasteiger partial charge on any atom is -0.508 e. The standard InChI is InChI=1S/C6H12N2O3.C6H6O/c1-2-8-4(6(10)11)3-5(7)9;7-6-4-2-1-3-5-6/h4,8H,2-3H2,1H3,(H2,7,9)(H,10,11);1-5,7H. The average Bonchev–Trinajstić information content (AvgIpc) is 2.29. The van der Waals surface area contributed by atoms with Crippen LogP contribution in [0.2, 0.25) is 0 Å². The van der Waals surface area contributed by atoms with Gasteiger partial charge in [0.1, 0.15) is 11.8 Å². The summed E-state index contributed by atoms with van der Waals surface area (Å²) in [5.41, 5.74) is 4.82. The molecule has 0 spiro atoms. The number of rotatable bonds is 5. The Labute approximate surface area is 105 Å². The van der Waals surface area contributed by atoms with Gasteiger partial charge in [-0.25, -0.2) is 0 Å². The van der Waals surface area contributed by atoms with E-state index in [4.69, 9.17) is 15.9 Å². The van der Waals surface area contributed by atoms with E-state index in [0.29, 0.717) is 12.3 Å². The first kappa shape index (κ1) is 15.9. The molecule has 1 rings (SSSR count). The van der Waals surface area contributed by atoms with E-state index in [2.05, 4.69) is 5.32 Å². The molecule has 1 atom stereocenters. The lowest BCUT2D eigenvalue weighted by atomic mass is 10.2. The molecule has 6 heteroatoms. The van der Waals surface area contributed by atoms with E-state index >= 15 is 0 Å². The van der Waals surface area contributed by atoms with Gasteiger partial charge in [0.25, 0.3) is 0 Å². The van der Waals surface area contributed by atoms with E-state index in [1.54, 1.807) is 31.2 Å². The molecule has 1 unspecified atom stereocenters. The number of benzene rings is 1. The number of carbonyl (C=O) groups is 2. The van der Waals surface area contributed by atoms with Crippen LogP contribution >= 0.6 is 0 Å². The number of aliphatic carboxylic acids is 1. The summed E-state index contributed by atoms with van der Waals surface area (Å²) < 4.78 is 0. The number of para-hydroxylation sites is 1. The van der Waals surface area contributed by atoms with Gasteiger partial charge >= 0.3 is 5.97 Å². The molecule has 1 amide bonds. The van der Waals surface area contributed by atoms with Gasteiger partial charge in [0.2, 0.25) is 5.91 Å². The molecule has 0 fully saturated rings. The fraction of sp³-hybridized carbons (Fsp3) is 0.333. The smallest absolute Gasteiger partial charge is 0.321 e. The van der Waals surface area contributed by atoms with Crippen LogP contribution in [-0.4, -0.2) is 34.7 Å². The summed E-state index contributed by atoms with van der Waals surface area (Å²) in [4.78, 5) is 20.7. The molecule has 0 saturated carbocycles. The molecule has 6 nitrogen and oxygen atoms in total. The second-order valence-corrected chi connectivity index (χ2v) is 3.45. The van der Waals surface area contributed by atoms with Crippen LogP contribution in [0.5, 0.6) is 5.75 Å². The summed E-state index contributed by atoms with van der Waals surface area (Å²) >= 11 is 0. The Hall–Kier alpha value is -2.08. The van der Waals surface area contributed by atoms with E-state index in [1.807, 2.05) is 6.07 Å². The van der Waals surface area contributed by atoms with Gasteiger partial charge in [0.15, 0.2) is 0 Å². The van der Waals surface area contributed by atoms with Crippen LogP contribution in [0.3, 0.4) is 0 Å². The lowest BCUT2D eigenvalue weighted by Crippen LogP contribution is -2.39. The quantitative estimate of drug-likeness (QED) is 0.604. The van der Waals surface area contributed by atoms with Crippen molar-refractivity contribution in [2.24, 2.45) is 5.73 Å². The van der Waals surface area contributed by atoms with Crippen molar-refractivity contribution < 1.29 is 19.8 Å². The summed E-state index contributed by atoms with van der Waals surface area (Å²) in [5, 5.41) is 19.7. The minimum absolute atomic E-state index is 0.164. The van der Waals surface area contributed by atoms with E-state index < -0.39 is 17.9 Å². The molecule has 0 aromatic heterocycles. The van der Waals surface area contributed by atoms with Crippen molar-refractivity contribution in [1.29, 1.82) is 0 Å². The van der Waals surface area contributed by atoms with Gasteiger partial charge in [-0.3, -0.25) is 9.59 Å². The number of carbonyl (C=O) groups excluding carboxylic acids is 1. The Kier molecular flexibility index (Phi) is 7.96. The van der Waals surface area contributed by atoms with Gasteiger partial charge in [0.05, 0.1) is 6.42 Å². The molecule has 0 aliphatic carbocycles. The summed E-state index contributed by atoms with van der Waals surface area (Å²) in [6.45, 7) is 2.27. The summed E-state index contributed by atoms with van der Waals surface area (Å²) in [6.07, 6.45) is -0.164. The molecular weight excluding hydrogens is 236 g/mol. The Bertz CT molecular complexity index is 368. The lowest BCUT2D eigenvalue weighted by Gasteiger charge is -2.09. The maximum atomic E-state index is 10.4. The molecular formula is C12H18N2O4. The number of nitrogens with one attached hydrogen (secondary N) is 1. The maximum Gasteiger partial charge on any atom is 0.321 e. The number of hydrogen-bond acceptors (Lipinski definition) is 4. The van der Waals surface area contributed by atoms with Crippen LogP contribution in [0.25, 0.3) is 0 Å². The molecule has 1 aromatic rings. The van der Waals surface area contributed by atoms with Crippen LogP contribution in [0.15, 0.2) is 30.3 Å². The number of aromatic hydroxyl groups is 1. The van der Waals surface area contributed by atoms with Crippen molar-refractivity contribution in [1.82, 2.24) is 5.32 Å². The normalized spacial score (nSPS) is 10.9. The zero-order chi connectivity index (χ0) is 14.0. The molecule has 100 valence electrons. The third-order valence-corrected chi connectivity index (χ3v) is 1.91. The molecule has 0 bridgehead atoms. The summed E-state index contributed by atoms with van der Waals surface area (Å²) in [5.74, 6) is -1.34. The zero-order valence-corrected chi connectivity index (χ0v) is 10.2. The van der Waals surface area contributed by atoms with Gasteiger partial charge < -0.3 is 21.3 Å². The van der Waals surface area contributed by atoms with Crippen molar-refractivity contribution in [3.63, 3.8) is 0 Å². The number of hydrogen-bond donors (Lipinski definition) is 4. The SMILES string of the molecule is CCNC(CC(N)=O)C(=O)O.Oc1ccccc1. The van der Waals surface area contributed by atoms with Crippen molar-refractivity contribution in [3.05, 3.63) is 30.3 Å². The zero-order valence-electron chi connectivity index (χ0n) is 10.2. The minimum atomic E-state index is -1.05. The molecule has 0 saturated heterocycles. The molecule has 5 N–H and O–H groups in total. The second-order valence-electron chi connectivity index (χ2n) is 3.45. The molecule has 0 heterocycles. The first-order valence-corrected chi connectivity index (χ1v) is 5.45. The molecule has 1 aromatic carbocycles. The third kappa shape index (κ3) is 8.12. The van der Waals surface area contributed by atoms with Gasteiger partial charge in [-0.15, -0.1) is 0 Å². The Balaban J connectivity index is 0.000000351. The number of carboxylic acid groups (broad SMARTS) is 1. The highest BCUT2D eigenvalue weighted by atomic mass is 16.4. The first-order valence-electron chi connectivity index (χ1n) is 5.45. The van der Waals surface area contributed by atoms with E-state index in [9.17, 15) is 9.59 Å². The fourth-order valence-corrected chi connectivity index (χ4v) is 1.12. The number of primary amides is 1. The number of nitrogens with two attached hydrogens (primary N) is 1. The van der Waals surface area contributed by atoms with Crippen molar-refractivity contribution in [2.45, 2.75) is 19.4 Å². The van der Waals surface area contributed by atoms with Crippen LogP contribution in [0.4, 0.5) is 0 Å². The van der Waals surface area contributed by atoms with Gasteiger partial charge in [0, 0.05) is 0 Å². The van der Waals surface area contributed by atoms with Crippen molar-refractivity contribution >= 4 is 11.9 Å². The number of carboxylic acids is 1. The van der Waals surface area contributed by atoms with Gasteiger partial charge in [-0.05, 0) is 18.7 Å². The number of phenols is 1. The van der Waals surface area contributed by atoms with Crippen molar-refractivity contribution in [2.75, 3.05) is 6.54 Å². The third-order valence-electron chi connectivity index (χ3n) is 1.91. The second kappa shape index (κ2) is 9.00. The number of likely N-dealkylation sites (N-methyl/N-ethyl adjacent to an activating group) is 1. The van der Waals surface area contributed by atoms with Crippen molar-refractivity contribution in [3.8, 4) is 5.75 Å². The highest BCUT2D eigenvalue weighted by Crippen LogP contribution is 2.02. The monoisotopic (exact) mass is 254 g/mol. The first-order chi connectivity index (χ1) is 8.47. The van der Waals surface area contributed by atoms with Crippen LogP contribution in [0.1, 0.15) is 13.3 Å². The van der Waals surface area contributed by atoms with Crippen LogP contribution < -0.4 is 11.1 Å².